The summed E-state index contributed by atoms with van der Waals surface area (Å²) in [4.78, 5) is 26.2. The van der Waals surface area contributed by atoms with Crippen molar-refractivity contribution in [1.29, 1.82) is 0 Å². The first kappa shape index (κ1) is 61.3. The van der Waals surface area contributed by atoms with Crippen molar-refractivity contribution in [2.24, 2.45) is 0 Å². The zero-order valence-corrected chi connectivity index (χ0v) is 42.5. The topological polar surface area (TPSA) is 95.9 Å². The molecular weight excluding hydrogens is 779 g/mol. The van der Waals surface area contributed by atoms with E-state index in [2.05, 4.69) is 50.4 Å². The van der Waals surface area contributed by atoms with Gasteiger partial charge in [-0.05, 0) is 51.4 Å². The van der Waals surface area contributed by atoms with Crippen LogP contribution in [0.4, 0.5) is 0 Å². The molecule has 372 valence electrons. The minimum atomic E-state index is -0.785. The average Bonchev–Trinajstić information content (AvgIpc) is 3.28. The lowest BCUT2D eigenvalue weighted by Crippen LogP contribution is -2.46. The number of aliphatic hydroxyl groups excluding tert-OH is 2. The number of allylic oxidation sites excluding steroid dienone is 4. The number of hydrogen-bond donors (Lipinski definition) is 3. The maximum absolute atomic E-state index is 13.2. The molecule has 63 heavy (non-hydrogen) atoms. The molecule has 0 aliphatic rings. The molecule has 3 unspecified atom stereocenters. The monoisotopic (exact) mass is 888 g/mol. The maximum Gasteiger partial charge on any atom is 0.306 e. The molecule has 0 spiro atoms. The number of carbonyl (C=O) groups excluding carboxylic acids is 2. The van der Waals surface area contributed by atoms with Gasteiger partial charge in [0.25, 0.3) is 0 Å². The van der Waals surface area contributed by atoms with Crippen molar-refractivity contribution in [2.75, 3.05) is 6.61 Å². The van der Waals surface area contributed by atoms with Gasteiger partial charge < -0.3 is 20.3 Å². The highest BCUT2D eigenvalue weighted by atomic mass is 16.5. The van der Waals surface area contributed by atoms with E-state index in [4.69, 9.17) is 4.74 Å². The first-order valence-electron chi connectivity index (χ1n) is 28.1. The van der Waals surface area contributed by atoms with Gasteiger partial charge in [0.1, 0.15) is 6.10 Å². The minimum Gasteiger partial charge on any atom is -0.462 e. The van der Waals surface area contributed by atoms with Crippen LogP contribution >= 0.6 is 0 Å². The predicted octanol–water partition coefficient (Wildman–Crippen LogP) is 17.1. The lowest BCUT2D eigenvalue weighted by atomic mass is 10.0. The van der Waals surface area contributed by atoms with Gasteiger partial charge in [-0.1, -0.05) is 263 Å². The maximum atomic E-state index is 13.2. The summed E-state index contributed by atoms with van der Waals surface area (Å²) in [6.45, 7) is 6.42. The first-order chi connectivity index (χ1) is 31.0. The number of nitrogens with one attached hydrogen (secondary N) is 1. The Morgan fingerprint density at radius 3 is 1.29 bits per heavy atom. The Labute approximate surface area is 392 Å². The third-order valence-corrected chi connectivity index (χ3v) is 13.0. The van der Waals surface area contributed by atoms with Gasteiger partial charge in [-0.3, -0.25) is 9.59 Å². The fourth-order valence-corrected chi connectivity index (χ4v) is 8.82. The molecule has 0 saturated heterocycles. The summed E-state index contributed by atoms with van der Waals surface area (Å²) < 4.78 is 5.95. The van der Waals surface area contributed by atoms with Gasteiger partial charge in [-0.15, -0.1) is 0 Å². The van der Waals surface area contributed by atoms with E-state index in [0.717, 1.165) is 64.2 Å². The molecule has 0 aliphatic carbocycles. The van der Waals surface area contributed by atoms with Crippen LogP contribution in [-0.4, -0.2) is 46.9 Å². The standard InChI is InChI=1S/C57H109NO5/c1-4-7-10-13-16-19-22-25-28-29-31-34-37-40-43-46-49-55(60)54(52-59)58-56(61)51-53(48-45-42-39-36-33-30-26-23-20-17-14-11-8-5-2)63-57(62)50-47-44-41-38-35-32-27-24-21-18-15-12-9-6-3/h9,12,18,21,53-55,59-60H,4-8,10-11,13-17,19-20,22-52H2,1-3H3,(H,58,61)/b12-9+,21-18+. The second-order valence-corrected chi connectivity index (χ2v) is 19.3. The van der Waals surface area contributed by atoms with Crippen molar-refractivity contribution < 1.29 is 24.5 Å². The molecule has 0 radical (unpaired) electrons. The normalized spacial score (nSPS) is 13.3. The molecule has 0 bridgehead atoms. The van der Waals surface area contributed by atoms with E-state index in [1.54, 1.807) is 0 Å². The zero-order valence-electron chi connectivity index (χ0n) is 42.5. The number of unbranched alkanes of at least 4 members (excludes halogenated alkanes) is 35. The molecule has 3 atom stereocenters. The second kappa shape index (κ2) is 51.3. The van der Waals surface area contributed by atoms with Crippen LogP contribution in [0, 0.1) is 0 Å². The molecule has 0 aromatic heterocycles. The van der Waals surface area contributed by atoms with Crippen LogP contribution in [0.15, 0.2) is 24.3 Å². The predicted molar refractivity (Wildman–Crippen MR) is 273 cm³/mol. The molecule has 0 rings (SSSR count). The number of rotatable bonds is 51. The van der Waals surface area contributed by atoms with E-state index in [-0.39, 0.29) is 24.9 Å². The lowest BCUT2D eigenvalue weighted by molar-refractivity contribution is -0.151. The molecule has 0 heterocycles. The summed E-state index contributed by atoms with van der Waals surface area (Å²) in [5, 5.41) is 23.9. The number of aliphatic hydroxyl groups is 2. The molecule has 6 nitrogen and oxygen atoms in total. The average molecular weight is 889 g/mol. The molecule has 6 heteroatoms. The van der Waals surface area contributed by atoms with E-state index in [0.29, 0.717) is 19.3 Å². The summed E-state index contributed by atoms with van der Waals surface area (Å²) in [6.07, 6.45) is 59.5. The van der Waals surface area contributed by atoms with Crippen molar-refractivity contribution in [3.8, 4) is 0 Å². The summed E-state index contributed by atoms with van der Waals surface area (Å²) in [7, 11) is 0. The Morgan fingerprint density at radius 2 is 0.857 bits per heavy atom. The van der Waals surface area contributed by atoms with Crippen LogP contribution in [0.25, 0.3) is 0 Å². The van der Waals surface area contributed by atoms with Crippen molar-refractivity contribution in [2.45, 2.75) is 322 Å². The summed E-state index contributed by atoms with van der Waals surface area (Å²) in [5.74, 6) is -0.465. The smallest absolute Gasteiger partial charge is 0.306 e. The first-order valence-corrected chi connectivity index (χ1v) is 28.1. The molecule has 3 N–H and O–H groups in total. The minimum absolute atomic E-state index is 0.0804. The highest BCUT2D eigenvalue weighted by Crippen LogP contribution is 2.19. The quantitative estimate of drug-likeness (QED) is 0.0321. The lowest BCUT2D eigenvalue weighted by Gasteiger charge is -2.24. The van der Waals surface area contributed by atoms with Gasteiger partial charge >= 0.3 is 5.97 Å². The van der Waals surface area contributed by atoms with Gasteiger partial charge in [0, 0.05) is 6.42 Å². The van der Waals surface area contributed by atoms with Crippen molar-refractivity contribution >= 4 is 11.9 Å². The molecule has 0 aliphatic heterocycles. The van der Waals surface area contributed by atoms with Crippen LogP contribution in [0.1, 0.15) is 303 Å². The molecule has 0 aromatic rings. The number of hydrogen-bond acceptors (Lipinski definition) is 5. The van der Waals surface area contributed by atoms with Gasteiger partial charge in [-0.2, -0.15) is 0 Å². The number of ether oxygens (including phenoxy) is 1. The number of amides is 1. The molecular formula is C57H109NO5. The van der Waals surface area contributed by atoms with Crippen LogP contribution < -0.4 is 5.32 Å². The Balaban J connectivity index is 4.50. The zero-order chi connectivity index (χ0) is 45.9. The SMILES string of the molecule is CC/C=C/C/C=C/CCCCCCCCCC(=O)OC(CCCCCCCCCCCCCCCC)CC(=O)NC(CO)C(O)CCCCCCCCCCCCCCCCCC. The fraction of sp³-hybridized carbons (Fsp3) is 0.895. The van der Waals surface area contributed by atoms with Gasteiger partial charge in [0.2, 0.25) is 5.91 Å². The Hall–Kier alpha value is -1.66. The summed E-state index contributed by atoms with van der Waals surface area (Å²) in [5.41, 5.74) is 0. The number of esters is 1. The van der Waals surface area contributed by atoms with Gasteiger partial charge in [0.15, 0.2) is 0 Å². The summed E-state index contributed by atoms with van der Waals surface area (Å²) >= 11 is 0. The van der Waals surface area contributed by atoms with E-state index in [1.165, 1.54) is 193 Å². The van der Waals surface area contributed by atoms with Gasteiger partial charge in [0.05, 0.1) is 25.2 Å². The van der Waals surface area contributed by atoms with Gasteiger partial charge in [-0.25, -0.2) is 0 Å². The van der Waals surface area contributed by atoms with E-state index < -0.39 is 18.2 Å². The third-order valence-electron chi connectivity index (χ3n) is 13.0. The third kappa shape index (κ3) is 46.7. The van der Waals surface area contributed by atoms with Crippen molar-refractivity contribution in [1.82, 2.24) is 5.32 Å². The van der Waals surface area contributed by atoms with E-state index in [1.807, 2.05) is 0 Å². The molecule has 0 aromatic carbocycles. The Bertz CT molecular complexity index is 997. The van der Waals surface area contributed by atoms with E-state index >= 15 is 0 Å². The summed E-state index contributed by atoms with van der Waals surface area (Å²) in [6, 6.07) is -0.698. The second-order valence-electron chi connectivity index (χ2n) is 19.3. The molecule has 0 saturated carbocycles. The Kier molecular flexibility index (Phi) is 50.0. The van der Waals surface area contributed by atoms with Crippen molar-refractivity contribution in [3.05, 3.63) is 24.3 Å². The van der Waals surface area contributed by atoms with Crippen LogP contribution in [0.2, 0.25) is 0 Å². The number of carbonyl (C=O) groups is 2. The van der Waals surface area contributed by atoms with Crippen LogP contribution in [0.3, 0.4) is 0 Å². The van der Waals surface area contributed by atoms with E-state index in [9.17, 15) is 19.8 Å². The highest BCUT2D eigenvalue weighted by Gasteiger charge is 2.24. The van der Waals surface area contributed by atoms with Crippen molar-refractivity contribution in [3.63, 3.8) is 0 Å². The largest absolute Gasteiger partial charge is 0.462 e. The highest BCUT2D eigenvalue weighted by molar-refractivity contribution is 5.77. The van der Waals surface area contributed by atoms with Crippen LogP contribution in [0.5, 0.6) is 0 Å². The molecule has 1 amide bonds. The Morgan fingerprint density at radius 1 is 0.476 bits per heavy atom. The fourth-order valence-electron chi connectivity index (χ4n) is 8.82. The molecule has 0 fully saturated rings. The van der Waals surface area contributed by atoms with Crippen LogP contribution in [-0.2, 0) is 14.3 Å².